The highest BCUT2D eigenvalue weighted by atomic mass is 15.4. The normalized spacial score (nSPS) is 14.5. The molecule has 0 aliphatic carbocycles. The van der Waals surface area contributed by atoms with E-state index in [-0.39, 0.29) is 10.8 Å². The maximum Gasteiger partial charge on any atom is 0.129 e. The zero-order valence-electron chi connectivity index (χ0n) is 38.8. The van der Waals surface area contributed by atoms with E-state index in [9.17, 15) is 0 Å². The number of aromatic nitrogens is 16. The smallest absolute Gasteiger partial charge is 0.129 e. The first kappa shape index (κ1) is 40.9. The van der Waals surface area contributed by atoms with Gasteiger partial charge in [-0.1, -0.05) is 62.4 Å². The highest BCUT2D eigenvalue weighted by Crippen LogP contribution is 2.37. The van der Waals surface area contributed by atoms with Crippen molar-refractivity contribution in [2.24, 2.45) is 0 Å². The van der Waals surface area contributed by atoms with Crippen LogP contribution in [0.25, 0.3) is 68.3 Å². The van der Waals surface area contributed by atoms with Gasteiger partial charge in [-0.25, -0.2) is 18.7 Å². The molecule has 0 unspecified atom stereocenters. The molecule has 8 aromatic heterocycles. The van der Waals surface area contributed by atoms with Crippen molar-refractivity contribution in [3.63, 3.8) is 0 Å². The van der Waals surface area contributed by atoms with Crippen LogP contribution in [0.1, 0.15) is 103 Å². The van der Waals surface area contributed by atoms with Crippen LogP contribution in [0.15, 0.2) is 110 Å². The summed E-state index contributed by atoms with van der Waals surface area (Å²) in [6, 6.07) is 29.4. The second-order valence-corrected chi connectivity index (χ2v) is 20.6. The van der Waals surface area contributed by atoms with Crippen LogP contribution in [0.3, 0.4) is 0 Å². The maximum atomic E-state index is 4.63. The molecule has 66 heavy (non-hydrogen) atoms. The van der Waals surface area contributed by atoms with Crippen molar-refractivity contribution in [2.75, 3.05) is 0 Å². The van der Waals surface area contributed by atoms with Crippen molar-refractivity contribution >= 4 is 0 Å². The molecule has 16 nitrogen and oxygen atoms in total. The van der Waals surface area contributed by atoms with E-state index in [1.54, 1.807) is 0 Å². The van der Waals surface area contributed by atoms with Crippen LogP contribution in [0.4, 0.5) is 0 Å². The van der Waals surface area contributed by atoms with E-state index in [4.69, 9.17) is 0 Å². The van der Waals surface area contributed by atoms with E-state index < -0.39 is 10.8 Å². The third-order valence-electron chi connectivity index (χ3n) is 13.1. The molecule has 1 aliphatic rings. The first-order valence-corrected chi connectivity index (χ1v) is 22.2. The molecule has 1 aliphatic heterocycles. The van der Waals surface area contributed by atoms with Crippen molar-refractivity contribution in [1.82, 2.24) is 79.9 Å². The molecule has 0 spiro atoms. The van der Waals surface area contributed by atoms with E-state index in [0.29, 0.717) is 0 Å². The predicted molar refractivity (Wildman–Crippen MR) is 253 cm³/mol. The number of benzene rings is 2. The topological polar surface area (TPSA) is 186 Å². The molecule has 11 rings (SSSR count). The van der Waals surface area contributed by atoms with E-state index in [1.165, 1.54) is 0 Å². The Morgan fingerprint density at radius 3 is 0.833 bits per heavy atom. The fraction of sp³-hybridized carbons (Fsp3) is 0.280. The largest absolute Gasteiger partial charge is 0.356 e. The Balaban J connectivity index is 1.03. The minimum absolute atomic E-state index is 0.156. The molecular formula is C50H52N16. The fourth-order valence-corrected chi connectivity index (χ4v) is 8.57. The maximum absolute atomic E-state index is 4.63. The summed E-state index contributed by atoms with van der Waals surface area (Å²) in [5.74, 6) is 0. The Kier molecular flexibility index (Phi) is 8.86. The number of rotatable bonds is 0. The Morgan fingerprint density at radius 1 is 0.364 bits per heavy atom. The zero-order valence-corrected chi connectivity index (χ0v) is 38.8. The lowest BCUT2D eigenvalue weighted by atomic mass is 9.86. The van der Waals surface area contributed by atoms with Crippen LogP contribution < -0.4 is 0 Å². The van der Waals surface area contributed by atoms with Crippen LogP contribution in [0.2, 0.25) is 0 Å². The van der Waals surface area contributed by atoms with Gasteiger partial charge in [0.1, 0.15) is 22.8 Å². The quantitative estimate of drug-likeness (QED) is 0.116. The Bertz CT molecular complexity index is 2990. The molecule has 4 N–H and O–H groups in total. The van der Waals surface area contributed by atoms with Crippen LogP contribution in [0.5, 0.6) is 0 Å². The lowest BCUT2D eigenvalue weighted by Gasteiger charge is -2.22. The SMILES string of the molecule is CC(C)(C)c1cc2cc(c1)-n1cc(nn1)-c1ccc([nH]1)C(C)(C)c1ccc([nH]1)-c1cn(nn1)-c1cc(cc(C(C)(C)C)c1)-n1cc(nn1)-c1ccc([nH]1)C(C)(C)c1ccc([nH]1)-c1cn-2nn1. The first-order valence-electron chi connectivity index (χ1n) is 22.2. The molecule has 9 heterocycles. The van der Waals surface area contributed by atoms with Gasteiger partial charge in [0.05, 0.1) is 70.3 Å². The molecule has 0 fully saturated rings. The van der Waals surface area contributed by atoms with Crippen molar-refractivity contribution in [3.8, 4) is 68.3 Å². The first-order chi connectivity index (χ1) is 31.4. The average molecular weight is 877 g/mol. The van der Waals surface area contributed by atoms with E-state index in [1.807, 2.05) is 43.5 Å². The summed E-state index contributed by atoms with van der Waals surface area (Å²) >= 11 is 0. The standard InChI is InChI=1S/C50H52N16/c1-47(2,3)29-19-31-23-32(20-29)64-26-40(56-60-64)36-12-16-44(52-36)50(9,10)46-18-14-38(54-46)42-28-66(62-58-42)34-22-30(48(4,5)6)21-33(24-34)65-27-41(57-61-65)37-13-17-45(53-37)49(7,8)43-15-11-35(51-43)39-25-63(31)59-55-39/h11-28,51-54H,1-10H3. The van der Waals surface area contributed by atoms with Crippen LogP contribution in [0, 0.1) is 0 Å². The summed E-state index contributed by atoms with van der Waals surface area (Å²) < 4.78 is 7.27. The lowest BCUT2D eigenvalue weighted by Crippen LogP contribution is -2.20. The summed E-state index contributed by atoms with van der Waals surface area (Å²) in [4.78, 5) is 14.6. The van der Waals surface area contributed by atoms with Crippen LogP contribution in [-0.2, 0) is 21.7 Å². The molecule has 0 radical (unpaired) electrons. The Hall–Kier alpha value is -7.88. The zero-order chi connectivity index (χ0) is 45.9. The number of fused-ring (bicyclic) bond motifs is 28. The Morgan fingerprint density at radius 2 is 0.606 bits per heavy atom. The molecule has 2 aromatic carbocycles. The highest BCUT2D eigenvalue weighted by molar-refractivity contribution is 5.61. The number of nitrogens with zero attached hydrogens (tertiary/aromatic N) is 12. The molecule has 0 atom stereocenters. The minimum atomic E-state index is -0.417. The van der Waals surface area contributed by atoms with Gasteiger partial charge in [0, 0.05) is 33.6 Å². The second-order valence-electron chi connectivity index (χ2n) is 20.6. The summed E-state index contributed by atoms with van der Waals surface area (Å²) in [7, 11) is 0. The van der Waals surface area contributed by atoms with Gasteiger partial charge in [-0.3, -0.25) is 0 Å². The van der Waals surface area contributed by atoms with Gasteiger partial charge in [-0.15, -0.1) is 20.4 Å². The number of hydrogen-bond donors (Lipinski definition) is 4. The van der Waals surface area contributed by atoms with Gasteiger partial charge in [-0.2, -0.15) is 0 Å². The van der Waals surface area contributed by atoms with Crippen molar-refractivity contribution in [1.29, 1.82) is 0 Å². The molecule has 10 aromatic rings. The second kappa shape index (κ2) is 14.3. The van der Waals surface area contributed by atoms with Gasteiger partial charge in [0.15, 0.2) is 0 Å². The summed E-state index contributed by atoms with van der Waals surface area (Å²) in [5.41, 5.74) is 15.0. The van der Waals surface area contributed by atoms with E-state index >= 15 is 0 Å². The van der Waals surface area contributed by atoms with Crippen LogP contribution >= 0.6 is 0 Å². The molecule has 0 amide bonds. The molecule has 0 saturated carbocycles. The lowest BCUT2D eigenvalue weighted by molar-refractivity contribution is 0.587. The van der Waals surface area contributed by atoms with Gasteiger partial charge in [0.25, 0.3) is 0 Å². The third-order valence-corrected chi connectivity index (χ3v) is 13.1. The summed E-state index contributed by atoms with van der Waals surface area (Å²) in [6.07, 6.45) is 7.82. The molecule has 16 heteroatoms. The van der Waals surface area contributed by atoms with E-state index in [0.717, 1.165) is 102 Å². The fourth-order valence-electron chi connectivity index (χ4n) is 8.57. The number of aromatic amines is 4. The summed E-state index contributed by atoms with van der Waals surface area (Å²) in [5, 5.41) is 37.0. The number of H-pyrrole nitrogens is 4. The van der Waals surface area contributed by atoms with Gasteiger partial charge in [-0.05, 0) is 135 Å². The van der Waals surface area contributed by atoms with Crippen molar-refractivity contribution in [3.05, 3.63) is 144 Å². The van der Waals surface area contributed by atoms with Crippen LogP contribution in [-0.4, -0.2) is 79.9 Å². The monoisotopic (exact) mass is 876 g/mol. The average Bonchev–Trinajstić information content (AvgIpc) is 4.13. The van der Waals surface area contributed by atoms with Gasteiger partial charge >= 0.3 is 0 Å². The molecule has 332 valence electrons. The van der Waals surface area contributed by atoms with Crippen molar-refractivity contribution < 1.29 is 0 Å². The third kappa shape index (κ3) is 7.00. The minimum Gasteiger partial charge on any atom is -0.356 e. The van der Waals surface area contributed by atoms with Gasteiger partial charge < -0.3 is 19.9 Å². The predicted octanol–water partition coefficient (Wildman–Crippen LogP) is 9.55. The molecular weight excluding hydrogens is 825 g/mol. The number of nitrogens with one attached hydrogen (secondary N) is 4. The van der Waals surface area contributed by atoms with Crippen molar-refractivity contribution in [2.45, 2.75) is 90.9 Å². The molecule has 0 saturated heterocycles. The number of hydrogen-bond acceptors (Lipinski definition) is 8. The molecule has 20 bridgehead atoms. The van der Waals surface area contributed by atoms with Gasteiger partial charge in [0.2, 0.25) is 0 Å². The van der Waals surface area contributed by atoms with E-state index in [2.05, 4.69) is 215 Å². The Labute approximate surface area is 381 Å². The summed E-state index contributed by atoms with van der Waals surface area (Å²) in [6.45, 7) is 21.9. The highest BCUT2D eigenvalue weighted by Gasteiger charge is 2.30.